The van der Waals surface area contributed by atoms with Gasteiger partial charge in [0.15, 0.2) is 6.04 Å². The van der Waals surface area contributed by atoms with Gasteiger partial charge in [-0.15, -0.1) is 0 Å². The summed E-state index contributed by atoms with van der Waals surface area (Å²) in [6.07, 6.45) is -1.94. The second-order valence-electron chi connectivity index (χ2n) is 13.6. The molecule has 5 N–H and O–H groups in total. The summed E-state index contributed by atoms with van der Waals surface area (Å²) in [6, 6.07) is 23.5. The molecule has 0 radical (unpaired) electrons. The van der Waals surface area contributed by atoms with Crippen LogP contribution >= 0.6 is 0 Å². The summed E-state index contributed by atoms with van der Waals surface area (Å²) in [5.41, 5.74) is 1.26. The van der Waals surface area contributed by atoms with Crippen LogP contribution in [0.25, 0.3) is 6.08 Å². The van der Waals surface area contributed by atoms with Crippen molar-refractivity contribution in [2.75, 3.05) is 26.4 Å². The van der Waals surface area contributed by atoms with Gasteiger partial charge in [0.25, 0.3) is 0 Å². The summed E-state index contributed by atoms with van der Waals surface area (Å²) in [5, 5.41) is 35.6. The van der Waals surface area contributed by atoms with E-state index in [1.54, 1.807) is 6.08 Å². The predicted octanol–water partition coefficient (Wildman–Crippen LogP) is 1.13. The minimum Gasteiger partial charge on any atom is -0.499 e. The molecule has 0 unspecified atom stereocenters. The third-order valence-electron chi connectivity index (χ3n) is 10.2. The molecule has 4 aliphatic rings. The van der Waals surface area contributed by atoms with Gasteiger partial charge < -0.3 is 44.9 Å². The SMILES string of the molecule is C[C@H](O)[C@@H](NC(=O)[C@@]12C[C@H]3OC(=O)[C@@H]1N(Cc1cccc(C=COCCO)c1)O[C@@H]2[C@H]1OC(c2ccccc2)(c2ccccc2)O[C@H]13)C(=O)NCCO. The summed E-state index contributed by atoms with van der Waals surface area (Å²) in [5.74, 6) is -3.55. The first-order valence-corrected chi connectivity index (χ1v) is 17.7. The minimum atomic E-state index is -1.64. The molecule has 3 aromatic carbocycles. The fourth-order valence-electron chi connectivity index (χ4n) is 7.88. The number of hydrogen-bond donors (Lipinski definition) is 5. The lowest BCUT2D eigenvalue weighted by Crippen LogP contribution is -2.71. The first-order chi connectivity index (χ1) is 25.7. The second-order valence-corrected chi connectivity index (χ2v) is 13.6. The average molecular weight is 730 g/mol. The van der Waals surface area contributed by atoms with Gasteiger partial charge in [0.2, 0.25) is 17.6 Å². The monoisotopic (exact) mass is 729 g/mol. The number of nitrogens with zero attached hydrogens (tertiary/aromatic N) is 1. The molecular weight excluding hydrogens is 686 g/mol. The molecule has 2 amide bonds. The molecule has 14 heteroatoms. The smallest absolute Gasteiger partial charge is 0.327 e. The topological polar surface area (TPSA) is 185 Å². The lowest BCUT2D eigenvalue weighted by Gasteiger charge is -2.49. The van der Waals surface area contributed by atoms with E-state index in [4.69, 9.17) is 28.9 Å². The number of hydrogen-bond acceptors (Lipinski definition) is 12. The summed E-state index contributed by atoms with van der Waals surface area (Å²) in [4.78, 5) is 48.8. The zero-order valence-corrected chi connectivity index (χ0v) is 29.1. The molecule has 280 valence electrons. The molecule has 0 aromatic heterocycles. The van der Waals surface area contributed by atoms with Gasteiger partial charge >= 0.3 is 5.97 Å². The van der Waals surface area contributed by atoms with E-state index in [-0.39, 0.29) is 39.3 Å². The zero-order valence-electron chi connectivity index (χ0n) is 29.1. The van der Waals surface area contributed by atoms with Crippen molar-refractivity contribution in [1.29, 1.82) is 0 Å². The van der Waals surface area contributed by atoms with Gasteiger partial charge in [-0.05, 0) is 24.1 Å². The van der Waals surface area contributed by atoms with E-state index in [9.17, 15) is 24.6 Å². The highest BCUT2D eigenvalue weighted by atomic mass is 16.8. The molecule has 53 heavy (non-hydrogen) atoms. The molecular formula is C39H43N3O11. The Bertz CT molecular complexity index is 1770. The summed E-state index contributed by atoms with van der Waals surface area (Å²) < 4.78 is 25.2. The van der Waals surface area contributed by atoms with Crippen LogP contribution in [0.5, 0.6) is 0 Å². The van der Waals surface area contributed by atoms with Gasteiger partial charge in [-0.1, -0.05) is 84.9 Å². The van der Waals surface area contributed by atoms with E-state index in [0.717, 1.165) is 11.1 Å². The van der Waals surface area contributed by atoms with Crippen LogP contribution in [0.2, 0.25) is 0 Å². The van der Waals surface area contributed by atoms with Gasteiger partial charge in [0.1, 0.15) is 42.5 Å². The number of rotatable bonds is 14. The van der Waals surface area contributed by atoms with E-state index >= 15 is 0 Å². The van der Waals surface area contributed by atoms with E-state index in [2.05, 4.69) is 10.6 Å². The molecule has 14 nitrogen and oxygen atoms in total. The first-order valence-electron chi connectivity index (χ1n) is 17.7. The van der Waals surface area contributed by atoms with E-state index in [1.165, 1.54) is 18.2 Å². The summed E-state index contributed by atoms with van der Waals surface area (Å²) in [7, 11) is 0. The van der Waals surface area contributed by atoms with Crippen molar-refractivity contribution in [3.63, 3.8) is 0 Å². The van der Waals surface area contributed by atoms with Crippen molar-refractivity contribution in [2.24, 2.45) is 5.41 Å². The van der Waals surface area contributed by atoms with Crippen LogP contribution in [0.4, 0.5) is 0 Å². The van der Waals surface area contributed by atoms with Crippen LogP contribution in [-0.4, -0.2) is 107 Å². The maximum atomic E-state index is 14.8. The molecule has 1 aliphatic carbocycles. The van der Waals surface area contributed by atoms with Crippen molar-refractivity contribution >= 4 is 23.9 Å². The first kappa shape index (κ1) is 36.7. The number of fused-ring (bicyclic) bond motifs is 4. The van der Waals surface area contributed by atoms with Crippen LogP contribution in [0.15, 0.2) is 91.2 Å². The molecule has 7 rings (SSSR count). The molecule has 3 heterocycles. The lowest BCUT2D eigenvalue weighted by molar-refractivity contribution is -0.213. The Morgan fingerprint density at radius 1 is 0.981 bits per heavy atom. The number of esters is 1. The molecule has 3 saturated heterocycles. The van der Waals surface area contributed by atoms with Gasteiger partial charge in [0, 0.05) is 24.1 Å². The second kappa shape index (κ2) is 15.4. The molecule has 0 spiro atoms. The van der Waals surface area contributed by atoms with E-state index < -0.39 is 71.6 Å². The highest BCUT2D eigenvalue weighted by molar-refractivity contribution is 5.96. The Hall–Kier alpha value is -4.67. The van der Waals surface area contributed by atoms with Crippen molar-refractivity contribution in [3.8, 4) is 0 Å². The van der Waals surface area contributed by atoms with Crippen LogP contribution in [0, 0.1) is 5.41 Å². The number of aliphatic hydroxyl groups excluding tert-OH is 3. The van der Waals surface area contributed by atoms with Crippen molar-refractivity contribution in [1.82, 2.24) is 15.7 Å². The van der Waals surface area contributed by atoms with Crippen molar-refractivity contribution in [3.05, 3.63) is 113 Å². The van der Waals surface area contributed by atoms with Crippen LogP contribution in [-0.2, 0) is 50.5 Å². The van der Waals surface area contributed by atoms with Crippen molar-refractivity contribution in [2.45, 2.75) is 68.3 Å². The Morgan fingerprint density at radius 2 is 1.68 bits per heavy atom. The van der Waals surface area contributed by atoms with E-state index in [0.29, 0.717) is 11.1 Å². The number of amides is 2. The van der Waals surface area contributed by atoms with Gasteiger partial charge in [-0.3, -0.25) is 19.2 Å². The number of carbonyl (C=O) groups excluding carboxylic acids is 3. The molecule has 3 aromatic rings. The molecule has 1 saturated carbocycles. The number of nitrogens with one attached hydrogen (secondary N) is 2. The number of benzene rings is 3. The fraction of sp³-hybridized carbons (Fsp3) is 0.410. The third kappa shape index (κ3) is 6.72. The van der Waals surface area contributed by atoms with Crippen LogP contribution < -0.4 is 10.6 Å². The van der Waals surface area contributed by atoms with Crippen LogP contribution in [0.1, 0.15) is 35.6 Å². The highest BCUT2D eigenvalue weighted by Gasteiger charge is 2.76. The Morgan fingerprint density at radius 3 is 2.34 bits per heavy atom. The van der Waals surface area contributed by atoms with E-state index in [1.807, 2.05) is 84.9 Å². The maximum Gasteiger partial charge on any atom is 0.327 e. The molecule has 8 atom stereocenters. The van der Waals surface area contributed by atoms with Crippen molar-refractivity contribution < 1.29 is 53.5 Å². The average Bonchev–Trinajstić information content (AvgIpc) is 3.75. The largest absolute Gasteiger partial charge is 0.499 e. The van der Waals surface area contributed by atoms with Gasteiger partial charge in [-0.2, -0.15) is 5.06 Å². The quantitative estimate of drug-likeness (QED) is 0.0907. The number of ether oxygens (including phenoxy) is 4. The minimum absolute atomic E-state index is 0.0175. The third-order valence-corrected chi connectivity index (χ3v) is 10.2. The number of carbonyl (C=O) groups is 3. The molecule has 2 bridgehead atoms. The highest BCUT2D eigenvalue weighted by Crippen LogP contribution is 2.59. The Balaban J connectivity index is 1.29. The Labute approximate surface area is 306 Å². The summed E-state index contributed by atoms with van der Waals surface area (Å²) in [6.45, 7) is 1.03. The molecule has 4 fully saturated rings. The standard InChI is InChI=1S/C39H43N3O11/c1-24(45)30(35(46)40-16-17-43)41-37(48)38-22-29-31-32(52-39(51-31,27-11-4-2-5-12-27)28-13-6-3-7-14-28)34(38)53-42(33(38)36(47)50-29)23-26-10-8-9-25(21-26)15-19-49-20-18-44/h2-15,19,21,24,29-34,43-45H,16-18,20,22-23H2,1H3,(H,40,46)(H,41,48)/t24-,29+,30+,31-,32-,33-,34+,38-/m0/s1. The van der Waals surface area contributed by atoms with Crippen LogP contribution in [0.3, 0.4) is 0 Å². The molecule has 3 aliphatic heterocycles. The maximum absolute atomic E-state index is 14.8. The predicted molar refractivity (Wildman–Crippen MR) is 187 cm³/mol. The van der Waals surface area contributed by atoms with Gasteiger partial charge in [-0.25, -0.2) is 0 Å². The zero-order chi connectivity index (χ0) is 37.2. The number of hydroxylamine groups is 2. The van der Waals surface area contributed by atoms with Gasteiger partial charge in [0.05, 0.1) is 32.1 Å². The fourth-order valence-corrected chi connectivity index (χ4v) is 7.88. The normalized spacial score (nSPS) is 28.2. The number of aliphatic hydroxyl groups is 3. The summed E-state index contributed by atoms with van der Waals surface area (Å²) >= 11 is 0. The lowest BCUT2D eigenvalue weighted by atomic mass is 9.62. The Kier molecular flexibility index (Phi) is 10.6.